The second kappa shape index (κ2) is 6.17. The fourth-order valence-corrected chi connectivity index (χ4v) is 2.22. The van der Waals surface area contributed by atoms with Crippen LogP contribution in [0.1, 0.15) is 19.8 Å². The van der Waals surface area contributed by atoms with Gasteiger partial charge in [0.2, 0.25) is 0 Å². The number of hydrogen-bond donors (Lipinski definition) is 2. The maximum absolute atomic E-state index is 13.7. The third-order valence-corrected chi connectivity index (χ3v) is 3.21. The van der Waals surface area contributed by atoms with Crippen LogP contribution in [0.25, 0.3) is 0 Å². The molecule has 20 heavy (non-hydrogen) atoms. The number of para-hydroxylation sites is 1. The van der Waals surface area contributed by atoms with E-state index in [1.165, 1.54) is 12.1 Å². The first-order chi connectivity index (χ1) is 9.47. The summed E-state index contributed by atoms with van der Waals surface area (Å²) in [5.74, 6) is -1.42. The van der Waals surface area contributed by atoms with Crippen LogP contribution in [-0.2, 0) is 4.79 Å². The molecule has 1 fully saturated rings. The minimum absolute atomic E-state index is 0.0358. The number of hydrogen-bond acceptors (Lipinski definition) is 3. The van der Waals surface area contributed by atoms with Crippen LogP contribution in [-0.4, -0.2) is 30.6 Å². The molecule has 0 aromatic heterocycles. The third kappa shape index (κ3) is 3.90. The van der Waals surface area contributed by atoms with Gasteiger partial charge in [-0.2, -0.15) is 8.78 Å². The van der Waals surface area contributed by atoms with Gasteiger partial charge >= 0.3 is 12.0 Å². The second-order valence-corrected chi connectivity index (χ2v) is 4.98. The summed E-state index contributed by atoms with van der Waals surface area (Å²) in [6, 6.07) is 7.54. The molecule has 2 atom stereocenters. The van der Waals surface area contributed by atoms with E-state index in [9.17, 15) is 13.6 Å². The van der Waals surface area contributed by atoms with E-state index >= 15 is 0 Å². The van der Waals surface area contributed by atoms with Crippen LogP contribution in [0.5, 0.6) is 5.75 Å². The van der Waals surface area contributed by atoms with Crippen molar-refractivity contribution in [2.24, 2.45) is 0 Å². The van der Waals surface area contributed by atoms with Gasteiger partial charge in [0.15, 0.2) is 0 Å². The summed E-state index contributed by atoms with van der Waals surface area (Å²) in [6.07, 6.45) is -2.60. The van der Waals surface area contributed by atoms with E-state index in [1.807, 2.05) is 6.92 Å². The first-order valence-corrected chi connectivity index (χ1v) is 6.63. The molecule has 110 valence electrons. The smallest absolute Gasteiger partial charge is 0.425 e. The molecule has 0 unspecified atom stereocenters. The highest BCUT2D eigenvalue weighted by Gasteiger charge is 2.43. The maximum Gasteiger partial charge on any atom is 0.482 e. The molecule has 1 saturated heterocycles. The van der Waals surface area contributed by atoms with Crippen LogP contribution in [0.15, 0.2) is 30.3 Å². The van der Waals surface area contributed by atoms with Crippen LogP contribution >= 0.6 is 0 Å². The zero-order valence-electron chi connectivity index (χ0n) is 11.2. The number of alkyl halides is 2. The number of ether oxygens (including phenoxy) is 1. The van der Waals surface area contributed by atoms with E-state index in [0.29, 0.717) is 19.4 Å². The molecule has 0 bridgehead atoms. The van der Waals surface area contributed by atoms with Crippen LogP contribution < -0.4 is 15.4 Å². The van der Waals surface area contributed by atoms with Crippen molar-refractivity contribution in [2.75, 3.05) is 6.54 Å². The lowest BCUT2D eigenvalue weighted by molar-refractivity contribution is -0.193. The highest BCUT2D eigenvalue weighted by molar-refractivity contribution is 5.82. The van der Waals surface area contributed by atoms with Gasteiger partial charge < -0.3 is 15.4 Å². The van der Waals surface area contributed by atoms with Gasteiger partial charge in [-0.05, 0) is 38.4 Å². The van der Waals surface area contributed by atoms with Gasteiger partial charge in [-0.1, -0.05) is 18.2 Å². The lowest BCUT2D eigenvalue weighted by atomic mass is 10.0. The van der Waals surface area contributed by atoms with Crippen molar-refractivity contribution in [3.63, 3.8) is 0 Å². The number of carbonyl (C=O) groups is 1. The van der Waals surface area contributed by atoms with Gasteiger partial charge in [-0.3, -0.25) is 4.79 Å². The number of carbonyl (C=O) groups excluding carboxylic acids is 1. The zero-order valence-corrected chi connectivity index (χ0v) is 11.2. The molecule has 1 heterocycles. The van der Waals surface area contributed by atoms with Gasteiger partial charge in [0.05, 0.1) is 0 Å². The molecule has 0 spiro atoms. The summed E-state index contributed by atoms with van der Waals surface area (Å²) in [5, 5.41) is 5.55. The summed E-state index contributed by atoms with van der Waals surface area (Å²) >= 11 is 0. The molecule has 0 radical (unpaired) electrons. The van der Waals surface area contributed by atoms with Crippen molar-refractivity contribution >= 4 is 5.91 Å². The quantitative estimate of drug-likeness (QED) is 0.888. The van der Waals surface area contributed by atoms with Gasteiger partial charge in [0, 0.05) is 12.1 Å². The van der Waals surface area contributed by atoms with Crippen LogP contribution in [0.2, 0.25) is 0 Å². The molecule has 1 amide bonds. The second-order valence-electron chi connectivity index (χ2n) is 4.98. The average molecular weight is 284 g/mol. The summed E-state index contributed by atoms with van der Waals surface area (Å²) in [6.45, 7) is 2.66. The van der Waals surface area contributed by atoms with Gasteiger partial charge in [0.1, 0.15) is 5.75 Å². The topological polar surface area (TPSA) is 50.4 Å². The largest absolute Gasteiger partial charge is 0.482 e. The van der Waals surface area contributed by atoms with E-state index in [1.54, 1.807) is 18.2 Å². The van der Waals surface area contributed by atoms with E-state index in [0.717, 1.165) is 0 Å². The molecule has 2 N–H and O–H groups in total. The Hall–Kier alpha value is -1.69. The normalized spacial score (nSPS) is 23.1. The number of piperidine rings is 1. The lowest BCUT2D eigenvalue weighted by Gasteiger charge is -2.29. The van der Waals surface area contributed by atoms with Crippen molar-refractivity contribution in [1.82, 2.24) is 10.6 Å². The average Bonchev–Trinajstić information content (AvgIpc) is 2.39. The van der Waals surface area contributed by atoms with Crippen molar-refractivity contribution < 1.29 is 18.3 Å². The molecule has 6 heteroatoms. The number of nitrogens with one attached hydrogen (secondary N) is 2. The fraction of sp³-hybridized carbons (Fsp3) is 0.500. The Morgan fingerprint density at radius 2 is 2.10 bits per heavy atom. The summed E-state index contributed by atoms with van der Waals surface area (Å²) in [7, 11) is 0. The molecule has 0 aliphatic carbocycles. The predicted octanol–water partition coefficient (Wildman–Crippen LogP) is 1.91. The van der Waals surface area contributed by atoms with E-state index < -0.39 is 12.0 Å². The number of amides is 1. The van der Waals surface area contributed by atoms with Crippen LogP contribution in [0, 0.1) is 0 Å². The van der Waals surface area contributed by atoms with Gasteiger partial charge in [0.25, 0.3) is 0 Å². The SMILES string of the molecule is C[C@@H]1C[C@H](NC(=O)C(F)(F)Oc2ccccc2)CCN1. The number of rotatable bonds is 4. The third-order valence-electron chi connectivity index (χ3n) is 3.21. The van der Waals surface area contributed by atoms with Gasteiger partial charge in [-0.25, -0.2) is 0 Å². The molecule has 4 nitrogen and oxygen atoms in total. The highest BCUT2D eigenvalue weighted by Crippen LogP contribution is 2.22. The van der Waals surface area contributed by atoms with Gasteiger partial charge in [-0.15, -0.1) is 0 Å². The van der Waals surface area contributed by atoms with E-state index in [2.05, 4.69) is 15.4 Å². The van der Waals surface area contributed by atoms with Crippen molar-refractivity contribution in [1.29, 1.82) is 0 Å². The molecule has 1 aromatic rings. The van der Waals surface area contributed by atoms with E-state index in [-0.39, 0.29) is 17.8 Å². The lowest BCUT2D eigenvalue weighted by Crippen LogP contribution is -2.52. The van der Waals surface area contributed by atoms with Crippen molar-refractivity contribution in [3.05, 3.63) is 30.3 Å². The highest BCUT2D eigenvalue weighted by atomic mass is 19.3. The minimum atomic E-state index is -3.87. The number of halogens is 2. The van der Waals surface area contributed by atoms with Crippen molar-refractivity contribution in [3.8, 4) is 5.75 Å². The maximum atomic E-state index is 13.7. The summed E-state index contributed by atoms with van der Waals surface area (Å²) in [5.41, 5.74) is 0. The molecule has 1 aliphatic rings. The molecule has 0 saturated carbocycles. The Kier molecular flexibility index (Phi) is 4.54. The minimum Gasteiger partial charge on any atom is -0.425 e. The Labute approximate surface area is 116 Å². The fourth-order valence-electron chi connectivity index (χ4n) is 2.22. The number of benzene rings is 1. The first-order valence-electron chi connectivity index (χ1n) is 6.63. The molecular formula is C14H18F2N2O2. The van der Waals surface area contributed by atoms with Crippen molar-refractivity contribution in [2.45, 2.75) is 38.0 Å². The molecular weight excluding hydrogens is 266 g/mol. The summed E-state index contributed by atoms with van der Waals surface area (Å²) in [4.78, 5) is 11.6. The van der Waals surface area contributed by atoms with Crippen LogP contribution in [0.4, 0.5) is 8.78 Å². The predicted molar refractivity (Wildman–Crippen MR) is 70.6 cm³/mol. The monoisotopic (exact) mass is 284 g/mol. The zero-order chi connectivity index (χ0) is 14.6. The Morgan fingerprint density at radius 3 is 2.75 bits per heavy atom. The Bertz CT molecular complexity index is 454. The van der Waals surface area contributed by atoms with E-state index in [4.69, 9.17) is 0 Å². The molecule has 1 aromatic carbocycles. The molecule has 2 rings (SSSR count). The van der Waals surface area contributed by atoms with Crippen LogP contribution in [0.3, 0.4) is 0 Å². The molecule has 1 aliphatic heterocycles. The summed E-state index contributed by atoms with van der Waals surface area (Å²) < 4.78 is 31.9. The Morgan fingerprint density at radius 1 is 1.40 bits per heavy atom. The Balaban J connectivity index is 1.93. The first kappa shape index (κ1) is 14.7. The standard InChI is InChI=1S/C14H18F2N2O2/c1-10-9-11(7-8-17-10)18-13(19)14(15,16)20-12-5-3-2-4-6-12/h2-6,10-11,17H,7-9H2,1H3,(H,18,19)/t10-,11-/m1/s1.